The van der Waals surface area contributed by atoms with Crippen molar-refractivity contribution in [3.05, 3.63) is 71.9 Å². The Morgan fingerprint density at radius 3 is 2.45 bits per heavy atom. The van der Waals surface area contributed by atoms with Gasteiger partial charge in [-0.1, -0.05) is 42.1 Å². The van der Waals surface area contributed by atoms with Crippen LogP contribution in [0.2, 0.25) is 0 Å². The summed E-state index contributed by atoms with van der Waals surface area (Å²) in [7, 11) is 0. The van der Waals surface area contributed by atoms with Gasteiger partial charge in [-0.15, -0.1) is 10.2 Å². The van der Waals surface area contributed by atoms with Gasteiger partial charge in [-0.25, -0.2) is 4.39 Å². The molecule has 0 radical (unpaired) electrons. The van der Waals surface area contributed by atoms with Crippen LogP contribution in [0.1, 0.15) is 31.4 Å². The van der Waals surface area contributed by atoms with Crippen LogP contribution in [0.3, 0.4) is 0 Å². The van der Waals surface area contributed by atoms with Crippen molar-refractivity contribution in [2.24, 2.45) is 0 Å². The Balaban J connectivity index is 1.25. The molecule has 0 N–H and O–H groups in total. The van der Waals surface area contributed by atoms with Crippen molar-refractivity contribution in [1.82, 2.24) is 20.0 Å². The summed E-state index contributed by atoms with van der Waals surface area (Å²) in [6.45, 7) is 7.63. The maximum absolute atomic E-state index is 13.0. The minimum Gasteiger partial charge on any atom is -0.481 e. The largest absolute Gasteiger partial charge is 0.481 e. The molecular formula is C24H27FN4O3S. The van der Waals surface area contributed by atoms with Gasteiger partial charge in [-0.05, 0) is 43.7 Å². The Hall–Kier alpha value is -2.91. The summed E-state index contributed by atoms with van der Waals surface area (Å²) in [5, 5.41) is 8.07. The van der Waals surface area contributed by atoms with Crippen molar-refractivity contribution in [3.8, 4) is 5.75 Å². The van der Waals surface area contributed by atoms with E-state index in [-0.39, 0.29) is 17.0 Å². The SMILES string of the molecule is CC(Sc1nnc(C(C)Oc2ccc(F)cc2)o1)C(=O)N1CCN(Cc2ccccc2)CC1. The molecule has 9 heteroatoms. The van der Waals surface area contributed by atoms with Gasteiger partial charge >= 0.3 is 0 Å². The first-order chi connectivity index (χ1) is 16.0. The normalized spacial score (nSPS) is 16.4. The Labute approximate surface area is 196 Å². The number of hydrogen-bond acceptors (Lipinski definition) is 7. The van der Waals surface area contributed by atoms with E-state index in [1.54, 1.807) is 6.92 Å². The van der Waals surface area contributed by atoms with E-state index in [1.165, 1.54) is 41.6 Å². The van der Waals surface area contributed by atoms with Crippen molar-refractivity contribution >= 4 is 17.7 Å². The number of halogens is 1. The highest BCUT2D eigenvalue weighted by atomic mass is 32.2. The van der Waals surface area contributed by atoms with E-state index in [0.29, 0.717) is 30.0 Å². The molecule has 1 aliphatic rings. The van der Waals surface area contributed by atoms with Crippen LogP contribution in [-0.4, -0.2) is 57.3 Å². The predicted octanol–water partition coefficient (Wildman–Crippen LogP) is 4.17. The van der Waals surface area contributed by atoms with Gasteiger partial charge in [0.2, 0.25) is 5.91 Å². The van der Waals surface area contributed by atoms with E-state index in [0.717, 1.165) is 19.6 Å². The monoisotopic (exact) mass is 470 g/mol. The second kappa shape index (κ2) is 10.8. The molecule has 1 amide bonds. The minimum absolute atomic E-state index is 0.0646. The minimum atomic E-state index is -0.499. The highest BCUT2D eigenvalue weighted by Crippen LogP contribution is 2.27. The van der Waals surface area contributed by atoms with Crippen LogP contribution in [0, 0.1) is 5.82 Å². The number of nitrogens with zero attached hydrogens (tertiary/aromatic N) is 4. The number of piperazine rings is 1. The standard InChI is InChI=1S/C24H27FN4O3S/c1-17(31-21-10-8-20(25)9-11-21)22-26-27-24(32-22)33-18(2)23(30)29-14-12-28(13-15-29)16-19-6-4-3-5-7-19/h3-11,17-18H,12-16H2,1-2H3. The zero-order valence-electron chi connectivity index (χ0n) is 18.7. The third kappa shape index (κ3) is 6.33. The lowest BCUT2D eigenvalue weighted by molar-refractivity contribution is -0.132. The summed E-state index contributed by atoms with van der Waals surface area (Å²) in [5.74, 6) is 0.541. The molecule has 7 nitrogen and oxygen atoms in total. The molecule has 1 aliphatic heterocycles. The molecule has 33 heavy (non-hydrogen) atoms. The van der Waals surface area contributed by atoms with E-state index < -0.39 is 6.10 Å². The van der Waals surface area contributed by atoms with Crippen LogP contribution in [-0.2, 0) is 11.3 Å². The molecule has 1 fully saturated rings. The Bertz CT molecular complexity index is 1040. The van der Waals surface area contributed by atoms with Gasteiger partial charge in [0.1, 0.15) is 11.6 Å². The molecule has 3 aromatic rings. The summed E-state index contributed by atoms with van der Waals surface area (Å²) >= 11 is 1.25. The summed E-state index contributed by atoms with van der Waals surface area (Å²) in [4.78, 5) is 17.2. The second-order valence-electron chi connectivity index (χ2n) is 7.97. The molecule has 0 saturated carbocycles. The van der Waals surface area contributed by atoms with Gasteiger partial charge in [-0.2, -0.15) is 0 Å². The quantitative estimate of drug-likeness (QED) is 0.458. The lowest BCUT2D eigenvalue weighted by Crippen LogP contribution is -2.50. The van der Waals surface area contributed by atoms with Crippen LogP contribution >= 0.6 is 11.8 Å². The number of benzene rings is 2. The first-order valence-electron chi connectivity index (χ1n) is 11.0. The van der Waals surface area contributed by atoms with Gasteiger partial charge in [0.05, 0.1) is 5.25 Å². The van der Waals surface area contributed by atoms with Crippen LogP contribution in [0.25, 0.3) is 0 Å². The molecule has 0 bridgehead atoms. The molecule has 1 aromatic heterocycles. The van der Waals surface area contributed by atoms with E-state index in [2.05, 4.69) is 27.2 Å². The Kier molecular flexibility index (Phi) is 7.61. The molecule has 2 aromatic carbocycles. The maximum Gasteiger partial charge on any atom is 0.277 e. The van der Waals surface area contributed by atoms with Gasteiger partial charge in [-0.3, -0.25) is 9.69 Å². The maximum atomic E-state index is 13.0. The fraction of sp³-hybridized carbons (Fsp3) is 0.375. The van der Waals surface area contributed by atoms with Crippen LogP contribution in [0.4, 0.5) is 4.39 Å². The first kappa shape index (κ1) is 23.3. The third-order valence-corrected chi connectivity index (χ3v) is 6.38. The zero-order valence-corrected chi connectivity index (χ0v) is 19.5. The summed E-state index contributed by atoms with van der Waals surface area (Å²) < 4.78 is 24.5. The third-order valence-electron chi connectivity index (χ3n) is 5.45. The van der Waals surface area contributed by atoms with E-state index in [1.807, 2.05) is 30.0 Å². The van der Waals surface area contributed by atoms with Crippen LogP contribution in [0.15, 0.2) is 64.2 Å². The summed E-state index contributed by atoms with van der Waals surface area (Å²) in [6.07, 6.45) is -0.499. The average molecular weight is 471 g/mol. The van der Waals surface area contributed by atoms with E-state index in [9.17, 15) is 9.18 Å². The predicted molar refractivity (Wildman–Crippen MR) is 123 cm³/mol. The molecular weight excluding hydrogens is 443 g/mol. The molecule has 0 aliphatic carbocycles. The van der Waals surface area contributed by atoms with Crippen molar-refractivity contribution < 1.29 is 18.3 Å². The summed E-state index contributed by atoms with van der Waals surface area (Å²) in [6, 6.07) is 16.1. The zero-order chi connectivity index (χ0) is 23.2. The number of aromatic nitrogens is 2. The van der Waals surface area contributed by atoms with Crippen molar-refractivity contribution in [1.29, 1.82) is 0 Å². The number of carbonyl (C=O) groups is 1. The van der Waals surface area contributed by atoms with Gasteiger partial charge in [0, 0.05) is 32.7 Å². The topological polar surface area (TPSA) is 71.7 Å². The van der Waals surface area contributed by atoms with Gasteiger partial charge in [0.15, 0.2) is 6.10 Å². The van der Waals surface area contributed by atoms with Gasteiger partial charge < -0.3 is 14.1 Å². The molecule has 0 spiro atoms. The number of hydrogen-bond donors (Lipinski definition) is 0. The average Bonchev–Trinajstić information content (AvgIpc) is 3.30. The van der Waals surface area contributed by atoms with Crippen molar-refractivity contribution in [2.45, 2.75) is 37.0 Å². The smallest absolute Gasteiger partial charge is 0.277 e. The Morgan fingerprint density at radius 1 is 1.06 bits per heavy atom. The number of ether oxygens (including phenoxy) is 1. The lowest BCUT2D eigenvalue weighted by atomic mass is 10.2. The molecule has 174 valence electrons. The van der Waals surface area contributed by atoms with Crippen molar-refractivity contribution in [2.75, 3.05) is 26.2 Å². The highest BCUT2D eigenvalue weighted by molar-refractivity contribution is 8.00. The molecule has 2 heterocycles. The second-order valence-corrected chi connectivity index (χ2v) is 9.26. The molecule has 2 atom stereocenters. The number of carbonyl (C=O) groups excluding carboxylic acids is 1. The summed E-state index contributed by atoms with van der Waals surface area (Å²) in [5.41, 5.74) is 1.28. The highest BCUT2D eigenvalue weighted by Gasteiger charge is 2.27. The van der Waals surface area contributed by atoms with E-state index >= 15 is 0 Å². The number of thioether (sulfide) groups is 1. The fourth-order valence-corrected chi connectivity index (χ4v) is 4.40. The molecule has 1 saturated heterocycles. The lowest BCUT2D eigenvalue weighted by Gasteiger charge is -2.35. The van der Waals surface area contributed by atoms with Crippen LogP contribution < -0.4 is 4.74 Å². The number of amides is 1. The fourth-order valence-electron chi connectivity index (χ4n) is 3.63. The van der Waals surface area contributed by atoms with Crippen LogP contribution in [0.5, 0.6) is 5.75 Å². The number of rotatable bonds is 8. The Morgan fingerprint density at radius 2 is 1.76 bits per heavy atom. The molecule has 4 rings (SSSR count). The van der Waals surface area contributed by atoms with Crippen molar-refractivity contribution in [3.63, 3.8) is 0 Å². The first-order valence-corrected chi connectivity index (χ1v) is 11.8. The van der Waals surface area contributed by atoms with E-state index in [4.69, 9.17) is 9.15 Å². The van der Waals surface area contributed by atoms with Gasteiger partial charge in [0.25, 0.3) is 11.1 Å². The molecule has 2 unspecified atom stereocenters.